The van der Waals surface area contributed by atoms with E-state index in [0.717, 1.165) is 22.0 Å². The Kier molecular flexibility index (Phi) is 5.93. The number of benzene rings is 3. The number of rotatable bonds is 5. The molecule has 0 fully saturated rings. The monoisotopic (exact) mass is 482 g/mol. The summed E-state index contributed by atoms with van der Waals surface area (Å²) in [6.07, 6.45) is 2.75. The summed E-state index contributed by atoms with van der Waals surface area (Å²) in [4.78, 5) is 12.0. The molecule has 2 aromatic heterocycles. The predicted molar refractivity (Wildman–Crippen MR) is 142 cm³/mol. The molecule has 2 nitrogen and oxygen atoms in total. The summed E-state index contributed by atoms with van der Waals surface area (Å²) in [6.45, 7) is 0. The Morgan fingerprint density at radius 1 is 0.788 bits per heavy atom. The molecule has 2 atom stereocenters. The van der Waals surface area contributed by atoms with Crippen LogP contribution >= 0.6 is 34.9 Å². The second-order valence-electron chi connectivity index (χ2n) is 8.11. The quantitative estimate of drug-likeness (QED) is 0.187. The van der Waals surface area contributed by atoms with Gasteiger partial charge in [0.1, 0.15) is 16.2 Å². The predicted octanol–water partition coefficient (Wildman–Crippen LogP) is 8.10. The number of hydrogen-bond acceptors (Lipinski definition) is 5. The van der Waals surface area contributed by atoms with E-state index in [-0.39, 0.29) is 0 Å². The zero-order valence-corrected chi connectivity index (χ0v) is 20.4. The molecule has 0 N–H and O–H groups in total. The van der Waals surface area contributed by atoms with Gasteiger partial charge in [0, 0.05) is 21.3 Å². The molecule has 0 spiro atoms. The first kappa shape index (κ1) is 21.0. The number of thiophene rings is 1. The van der Waals surface area contributed by atoms with E-state index in [0.29, 0.717) is 10.5 Å². The Bertz CT molecular complexity index is 1370. The zero-order valence-electron chi connectivity index (χ0n) is 17.9. The molecule has 0 saturated carbocycles. The minimum Gasteiger partial charge on any atom is -0.229 e. The Labute approximate surface area is 206 Å². The average Bonchev–Trinajstić information content (AvgIpc) is 3.28. The number of aromatic nitrogens is 2. The summed E-state index contributed by atoms with van der Waals surface area (Å²) in [5.74, 6) is 0.913. The lowest BCUT2D eigenvalue weighted by atomic mass is 9.98. The van der Waals surface area contributed by atoms with Gasteiger partial charge in [-0.05, 0) is 28.7 Å². The maximum Gasteiger partial charge on any atom is 0.128 e. The van der Waals surface area contributed by atoms with E-state index < -0.39 is 0 Å². The van der Waals surface area contributed by atoms with E-state index in [4.69, 9.17) is 9.97 Å². The second kappa shape index (κ2) is 9.34. The van der Waals surface area contributed by atoms with Gasteiger partial charge in [0.05, 0.1) is 5.25 Å². The number of fused-ring (bicyclic) bond motifs is 3. The van der Waals surface area contributed by atoms with Gasteiger partial charge in [-0.2, -0.15) is 0 Å². The lowest BCUT2D eigenvalue weighted by molar-refractivity contribution is 0.891. The average molecular weight is 483 g/mol. The zero-order chi connectivity index (χ0) is 22.0. The maximum absolute atomic E-state index is 4.75. The van der Waals surface area contributed by atoms with Crippen LogP contribution < -0.4 is 0 Å². The van der Waals surface area contributed by atoms with Crippen molar-refractivity contribution in [1.82, 2.24) is 9.97 Å². The number of nitrogens with zero attached hydrogens (tertiary/aromatic N) is 2. The highest BCUT2D eigenvalue weighted by molar-refractivity contribution is 8.00. The van der Waals surface area contributed by atoms with Crippen LogP contribution in [0.5, 0.6) is 0 Å². The van der Waals surface area contributed by atoms with Gasteiger partial charge in [0.25, 0.3) is 0 Å². The van der Waals surface area contributed by atoms with Gasteiger partial charge in [-0.3, -0.25) is 0 Å². The standard InChI is InChI=1S/C28H22N2S3/c1-4-10-19(11-5-1)17-31-27-24-22-16-23(20-12-6-2-7-13-20)32-25(21-14-8-3-9-15-21)26(22)33-28(24)30-18-29-27/h1-15,18,23,25H,16-17H2/t23-,25+/m1/s1. The van der Waals surface area contributed by atoms with Gasteiger partial charge < -0.3 is 0 Å². The van der Waals surface area contributed by atoms with Crippen LogP contribution in [0.3, 0.4) is 0 Å². The van der Waals surface area contributed by atoms with Crippen molar-refractivity contribution in [2.24, 2.45) is 0 Å². The van der Waals surface area contributed by atoms with Gasteiger partial charge in [0.15, 0.2) is 0 Å². The molecular weight excluding hydrogens is 461 g/mol. The Balaban J connectivity index is 1.45. The highest BCUT2D eigenvalue weighted by Gasteiger charge is 2.34. The van der Waals surface area contributed by atoms with Crippen LogP contribution in [-0.2, 0) is 12.2 Å². The second-order valence-corrected chi connectivity index (χ2v) is 11.4. The summed E-state index contributed by atoms with van der Waals surface area (Å²) < 4.78 is 0. The molecule has 162 valence electrons. The lowest BCUT2D eigenvalue weighted by Gasteiger charge is -2.30. The first-order valence-corrected chi connectivity index (χ1v) is 13.8. The molecule has 6 rings (SSSR count). The van der Waals surface area contributed by atoms with Gasteiger partial charge in [0.2, 0.25) is 0 Å². The summed E-state index contributed by atoms with van der Waals surface area (Å²) in [5, 5.41) is 3.09. The Hall–Kier alpha value is -2.60. The molecule has 1 aliphatic heterocycles. The fraction of sp³-hybridized carbons (Fsp3) is 0.143. The van der Waals surface area contributed by atoms with Gasteiger partial charge >= 0.3 is 0 Å². The van der Waals surface area contributed by atoms with Crippen molar-refractivity contribution in [2.75, 3.05) is 0 Å². The number of thioether (sulfide) groups is 2. The summed E-state index contributed by atoms with van der Waals surface area (Å²) >= 11 is 5.74. The van der Waals surface area contributed by atoms with Crippen LogP contribution in [0.25, 0.3) is 10.2 Å². The van der Waals surface area contributed by atoms with Crippen molar-refractivity contribution in [3.8, 4) is 0 Å². The Morgan fingerprint density at radius 3 is 2.18 bits per heavy atom. The van der Waals surface area contributed by atoms with Crippen molar-refractivity contribution in [1.29, 1.82) is 0 Å². The van der Waals surface area contributed by atoms with Crippen LogP contribution in [0.1, 0.15) is 37.6 Å². The van der Waals surface area contributed by atoms with E-state index in [2.05, 4.69) is 103 Å². The van der Waals surface area contributed by atoms with Gasteiger partial charge in [-0.25, -0.2) is 9.97 Å². The molecule has 0 unspecified atom stereocenters. The minimum absolute atomic E-state index is 0.311. The SMILES string of the molecule is c1ccc(CSc2ncnc3sc4c(c23)C[C@H](c2ccccc2)S[C@H]4c2ccccc2)cc1. The molecule has 33 heavy (non-hydrogen) atoms. The summed E-state index contributed by atoms with van der Waals surface area (Å²) in [7, 11) is 0. The Morgan fingerprint density at radius 2 is 1.45 bits per heavy atom. The van der Waals surface area contributed by atoms with E-state index in [1.54, 1.807) is 6.33 Å². The molecule has 5 heteroatoms. The summed E-state index contributed by atoms with van der Waals surface area (Å²) in [5.41, 5.74) is 5.51. The van der Waals surface area contributed by atoms with Gasteiger partial charge in [-0.1, -0.05) is 91.0 Å². The third-order valence-electron chi connectivity index (χ3n) is 6.00. The largest absolute Gasteiger partial charge is 0.229 e. The molecule has 0 amide bonds. The van der Waals surface area contributed by atoms with Crippen molar-refractivity contribution in [3.05, 3.63) is 124 Å². The maximum atomic E-state index is 4.75. The highest BCUT2D eigenvalue weighted by atomic mass is 32.2. The van der Waals surface area contributed by atoms with Crippen LogP contribution in [0.2, 0.25) is 0 Å². The van der Waals surface area contributed by atoms with Crippen molar-refractivity contribution >= 4 is 45.1 Å². The topological polar surface area (TPSA) is 25.8 Å². The first-order valence-electron chi connectivity index (χ1n) is 11.0. The minimum atomic E-state index is 0.311. The molecule has 3 aromatic carbocycles. The van der Waals surface area contributed by atoms with Crippen molar-refractivity contribution in [3.63, 3.8) is 0 Å². The van der Waals surface area contributed by atoms with Crippen LogP contribution in [-0.4, -0.2) is 9.97 Å². The highest BCUT2D eigenvalue weighted by Crippen LogP contribution is 2.56. The molecular formula is C28H22N2S3. The fourth-order valence-electron chi connectivity index (χ4n) is 4.41. The van der Waals surface area contributed by atoms with Crippen LogP contribution in [0.15, 0.2) is 102 Å². The fourth-order valence-corrected chi connectivity index (χ4v) is 8.44. The van der Waals surface area contributed by atoms with E-state index in [9.17, 15) is 0 Å². The van der Waals surface area contributed by atoms with Crippen molar-refractivity contribution in [2.45, 2.75) is 27.7 Å². The molecule has 0 saturated heterocycles. The normalized spacial score (nSPS) is 17.7. The van der Waals surface area contributed by atoms with E-state index >= 15 is 0 Å². The lowest BCUT2D eigenvalue weighted by Crippen LogP contribution is -2.11. The molecule has 0 radical (unpaired) electrons. The van der Waals surface area contributed by atoms with Crippen LogP contribution in [0.4, 0.5) is 0 Å². The molecule has 3 heterocycles. The van der Waals surface area contributed by atoms with Crippen molar-refractivity contribution < 1.29 is 0 Å². The summed E-state index contributed by atoms with van der Waals surface area (Å²) in [6, 6.07) is 32.5. The van der Waals surface area contributed by atoms with Crippen LogP contribution in [0, 0.1) is 0 Å². The molecule has 0 bridgehead atoms. The molecule has 1 aliphatic rings. The number of hydrogen-bond donors (Lipinski definition) is 0. The first-order chi connectivity index (χ1) is 16.4. The third-order valence-corrected chi connectivity index (χ3v) is 9.97. The van der Waals surface area contributed by atoms with E-state index in [1.165, 1.54) is 32.5 Å². The van der Waals surface area contributed by atoms with Gasteiger partial charge in [-0.15, -0.1) is 34.9 Å². The third kappa shape index (κ3) is 4.21. The smallest absolute Gasteiger partial charge is 0.128 e. The molecule has 0 aliphatic carbocycles. The molecule has 5 aromatic rings. The van der Waals surface area contributed by atoms with E-state index in [1.807, 2.05) is 23.1 Å².